The molecule has 2 N–H and O–H groups in total. The van der Waals surface area contributed by atoms with E-state index in [9.17, 15) is 4.79 Å². The molecule has 0 radical (unpaired) electrons. The molecule has 1 amide bonds. The van der Waals surface area contributed by atoms with Gasteiger partial charge < -0.3 is 15.5 Å². The first-order valence-electron chi connectivity index (χ1n) is 7.08. The molecule has 0 aromatic heterocycles. The first-order valence-corrected chi connectivity index (χ1v) is 7.45. The van der Waals surface area contributed by atoms with E-state index in [4.69, 9.17) is 11.6 Å². The number of benzene rings is 1. The van der Waals surface area contributed by atoms with Crippen molar-refractivity contribution in [1.29, 1.82) is 0 Å². The topological polar surface area (TPSA) is 56.7 Å². The highest BCUT2D eigenvalue weighted by molar-refractivity contribution is 6.31. The van der Waals surface area contributed by atoms with Gasteiger partial charge in [0.2, 0.25) is 5.91 Å². The van der Waals surface area contributed by atoms with Gasteiger partial charge in [-0.15, -0.1) is 0 Å². The first kappa shape index (κ1) is 17.3. The molecule has 0 aliphatic rings. The van der Waals surface area contributed by atoms with Gasteiger partial charge in [-0.25, -0.2) is 4.99 Å². The summed E-state index contributed by atoms with van der Waals surface area (Å²) in [7, 11) is 1.92. The van der Waals surface area contributed by atoms with E-state index in [1.165, 1.54) is 0 Å². The monoisotopic (exact) mass is 310 g/mol. The highest BCUT2D eigenvalue weighted by Gasteiger charge is 2.09. The van der Waals surface area contributed by atoms with Crippen LogP contribution in [0.3, 0.4) is 0 Å². The summed E-state index contributed by atoms with van der Waals surface area (Å²) in [5, 5.41) is 6.63. The van der Waals surface area contributed by atoms with Gasteiger partial charge in [-0.2, -0.15) is 0 Å². The number of hydrogen-bond donors (Lipinski definition) is 2. The maximum absolute atomic E-state index is 11.5. The third kappa shape index (κ3) is 6.04. The van der Waals surface area contributed by atoms with Crippen molar-refractivity contribution in [2.75, 3.05) is 26.7 Å². The fraction of sp³-hybridized carbons (Fsp3) is 0.467. The van der Waals surface area contributed by atoms with Gasteiger partial charge in [0.05, 0.1) is 0 Å². The van der Waals surface area contributed by atoms with Crippen LogP contribution in [-0.2, 0) is 11.3 Å². The summed E-state index contributed by atoms with van der Waals surface area (Å²) in [5.41, 5.74) is 1.02. The minimum atomic E-state index is -0.0842. The Balaban J connectivity index is 2.73. The Morgan fingerprint density at radius 2 is 1.90 bits per heavy atom. The second kappa shape index (κ2) is 9.23. The molecule has 0 fully saturated rings. The van der Waals surface area contributed by atoms with E-state index in [0.29, 0.717) is 19.0 Å². The minimum Gasteiger partial charge on any atom is -0.357 e. The molecule has 0 aliphatic carbocycles. The Morgan fingerprint density at radius 1 is 1.24 bits per heavy atom. The number of halogens is 1. The van der Waals surface area contributed by atoms with Gasteiger partial charge in [-0.05, 0) is 25.5 Å². The van der Waals surface area contributed by atoms with Crippen LogP contribution in [0.1, 0.15) is 19.4 Å². The summed E-state index contributed by atoms with van der Waals surface area (Å²) < 4.78 is 0. The van der Waals surface area contributed by atoms with E-state index in [1.54, 1.807) is 0 Å². The molecule has 0 atom stereocenters. The van der Waals surface area contributed by atoms with E-state index < -0.39 is 0 Å². The number of likely N-dealkylation sites (N-methyl/N-ethyl adjacent to an activating group) is 1. The molecule has 1 aromatic rings. The van der Waals surface area contributed by atoms with Crippen LogP contribution in [0.15, 0.2) is 29.3 Å². The third-order valence-corrected chi connectivity index (χ3v) is 3.18. The fourth-order valence-corrected chi connectivity index (χ4v) is 2.02. The number of rotatable bonds is 6. The summed E-state index contributed by atoms with van der Waals surface area (Å²) in [4.78, 5) is 17.8. The quantitative estimate of drug-likeness (QED) is 0.623. The largest absolute Gasteiger partial charge is 0.357 e. The second-order valence-electron chi connectivity index (χ2n) is 4.57. The molecule has 0 saturated heterocycles. The van der Waals surface area contributed by atoms with Gasteiger partial charge in [-0.1, -0.05) is 29.8 Å². The van der Waals surface area contributed by atoms with Crippen LogP contribution >= 0.6 is 11.6 Å². The van der Waals surface area contributed by atoms with Crippen LogP contribution in [0.4, 0.5) is 0 Å². The number of nitrogens with zero attached hydrogens (tertiary/aromatic N) is 2. The Bertz CT molecular complexity index is 490. The Hall–Kier alpha value is -1.75. The molecule has 0 bridgehead atoms. The average Bonchev–Trinajstić information content (AvgIpc) is 2.46. The van der Waals surface area contributed by atoms with E-state index >= 15 is 0 Å². The van der Waals surface area contributed by atoms with Crippen molar-refractivity contribution >= 4 is 23.5 Å². The van der Waals surface area contributed by atoms with Crippen molar-refractivity contribution in [3.8, 4) is 0 Å². The van der Waals surface area contributed by atoms with Gasteiger partial charge in [0.15, 0.2) is 5.96 Å². The molecule has 116 valence electrons. The van der Waals surface area contributed by atoms with Crippen LogP contribution < -0.4 is 10.6 Å². The Morgan fingerprint density at radius 3 is 2.52 bits per heavy atom. The smallest absolute Gasteiger partial charge is 0.241 e. The molecular formula is C15H23ClN4O. The van der Waals surface area contributed by atoms with Crippen LogP contribution in [0.25, 0.3) is 0 Å². The van der Waals surface area contributed by atoms with Crippen LogP contribution in [-0.4, -0.2) is 43.4 Å². The molecule has 1 rings (SSSR count). The molecule has 0 aliphatic heterocycles. The lowest BCUT2D eigenvalue weighted by Gasteiger charge is -2.22. The van der Waals surface area contributed by atoms with E-state index in [1.807, 2.05) is 50.1 Å². The summed E-state index contributed by atoms with van der Waals surface area (Å²) in [6.45, 7) is 5.96. The zero-order valence-corrected chi connectivity index (χ0v) is 13.6. The van der Waals surface area contributed by atoms with Crippen molar-refractivity contribution < 1.29 is 4.79 Å². The highest BCUT2D eigenvalue weighted by atomic mass is 35.5. The van der Waals surface area contributed by atoms with Gasteiger partial charge in [0.1, 0.15) is 6.54 Å². The zero-order valence-electron chi connectivity index (χ0n) is 12.8. The van der Waals surface area contributed by atoms with Crippen LogP contribution in [0.5, 0.6) is 0 Å². The predicted octanol–water partition coefficient (Wildman–Crippen LogP) is 1.87. The summed E-state index contributed by atoms with van der Waals surface area (Å²) in [6.07, 6.45) is 0. The molecule has 5 nitrogen and oxygen atoms in total. The van der Waals surface area contributed by atoms with E-state index in [-0.39, 0.29) is 12.5 Å². The molecule has 21 heavy (non-hydrogen) atoms. The van der Waals surface area contributed by atoms with Gasteiger partial charge in [-0.3, -0.25) is 4.79 Å². The standard InChI is InChI=1S/C15H23ClN4O/c1-4-17-14(21)10-19-15(18-5-2)20(3)11-12-8-6-7-9-13(12)16/h6-9H,4-5,10-11H2,1-3H3,(H,17,21)(H,18,19). The lowest BCUT2D eigenvalue weighted by molar-refractivity contribution is -0.119. The average molecular weight is 311 g/mol. The van der Waals surface area contributed by atoms with Gasteiger partial charge in [0.25, 0.3) is 0 Å². The number of carbonyl (C=O) groups excluding carboxylic acids is 1. The van der Waals surface area contributed by atoms with Crippen LogP contribution in [0.2, 0.25) is 5.02 Å². The minimum absolute atomic E-state index is 0.0842. The fourth-order valence-electron chi connectivity index (χ4n) is 1.83. The Labute approximate surface area is 131 Å². The predicted molar refractivity (Wildman–Crippen MR) is 87.6 cm³/mol. The van der Waals surface area contributed by atoms with Crippen molar-refractivity contribution in [3.63, 3.8) is 0 Å². The van der Waals surface area contributed by atoms with Crippen molar-refractivity contribution in [2.45, 2.75) is 20.4 Å². The number of nitrogens with one attached hydrogen (secondary N) is 2. The lowest BCUT2D eigenvalue weighted by atomic mass is 10.2. The highest BCUT2D eigenvalue weighted by Crippen LogP contribution is 2.16. The number of amides is 1. The van der Waals surface area contributed by atoms with Gasteiger partial charge in [0, 0.05) is 31.7 Å². The lowest BCUT2D eigenvalue weighted by Crippen LogP contribution is -2.39. The summed E-state index contributed by atoms with van der Waals surface area (Å²) in [6, 6.07) is 7.70. The third-order valence-electron chi connectivity index (χ3n) is 2.81. The zero-order chi connectivity index (χ0) is 15.7. The maximum atomic E-state index is 11.5. The SMILES string of the molecule is CCNC(=O)CN=C(NCC)N(C)Cc1ccccc1Cl. The molecular weight excluding hydrogens is 288 g/mol. The number of hydrogen-bond acceptors (Lipinski definition) is 2. The maximum Gasteiger partial charge on any atom is 0.241 e. The molecule has 0 saturated carbocycles. The van der Waals surface area contributed by atoms with Crippen molar-refractivity contribution in [1.82, 2.24) is 15.5 Å². The normalized spacial score (nSPS) is 11.1. The van der Waals surface area contributed by atoms with E-state index in [2.05, 4.69) is 15.6 Å². The summed E-state index contributed by atoms with van der Waals surface area (Å²) in [5.74, 6) is 0.600. The molecule has 1 aromatic carbocycles. The second-order valence-corrected chi connectivity index (χ2v) is 4.98. The first-order chi connectivity index (χ1) is 10.1. The van der Waals surface area contributed by atoms with Crippen molar-refractivity contribution in [2.24, 2.45) is 4.99 Å². The van der Waals surface area contributed by atoms with Crippen molar-refractivity contribution in [3.05, 3.63) is 34.9 Å². The molecule has 6 heteroatoms. The number of carbonyl (C=O) groups is 1. The summed E-state index contributed by atoms with van der Waals surface area (Å²) >= 11 is 6.17. The Kier molecular flexibility index (Phi) is 7.61. The number of aliphatic imine (C=N–C) groups is 1. The van der Waals surface area contributed by atoms with E-state index in [0.717, 1.165) is 17.1 Å². The number of guanidine groups is 1. The molecule has 0 spiro atoms. The molecule has 0 unspecified atom stereocenters. The van der Waals surface area contributed by atoms with Gasteiger partial charge >= 0.3 is 0 Å². The van der Waals surface area contributed by atoms with Crippen LogP contribution in [0, 0.1) is 0 Å². The molecule has 0 heterocycles.